The van der Waals surface area contributed by atoms with E-state index in [4.69, 9.17) is 9.84 Å². The fourth-order valence-corrected chi connectivity index (χ4v) is 4.84. The maximum atomic E-state index is 12.3. The van der Waals surface area contributed by atoms with Crippen LogP contribution in [0.25, 0.3) is 0 Å². The first-order valence-electron chi connectivity index (χ1n) is 9.34. The first-order valence-corrected chi connectivity index (χ1v) is 9.34. The number of benzene rings is 1. The summed E-state index contributed by atoms with van der Waals surface area (Å²) in [6.07, 6.45) is 2.33. The number of aliphatic carboxylic acids is 1. The first-order chi connectivity index (χ1) is 12.7. The summed E-state index contributed by atoms with van der Waals surface area (Å²) >= 11 is 0. The monoisotopic (exact) mass is 389 g/mol. The van der Waals surface area contributed by atoms with Gasteiger partial charge < -0.3 is 14.7 Å². The fourth-order valence-electron chi connectivity index (χ4n) is 4.84. The molecular weight excluding hydrogens is 365 g/mol. The van der Waals surface area contributed by atoms with Gasteiger partial charge in [0.1, 0.15) is 0 Å². The van der Waals surface area contributed by atoms with Crippen molar-refractivity contribution in [2.45, 2.75) is 64.0 Å². The molecule has 142 valence electrons. The van der Waals surface area contributed by atoms with Crippen LogP contribution in [0.15, 0.2) is 41.1 Å². The van der Waals surface area contributed by atoms with Crippen LogP contribution in [0.1, 0.15) is 52.5 Å². The van der Waals surface area contributed by atoms with E-state index in [0.717, 1.165) is 22.5 Å². The van der Waals surface area contributed by atoms with E-state index in [0.29, 0.717) is 12.8 Å². The van der Waals surface area contributed by atoms with E-state index in [2.05, 4.69) is 44.7 Å². The molecule has 3 aliphatic rings. The van der Waals surface area contributed by atoms with Crippen molar-refractivity contribution in [2.75, 3.05) is 4.90 Å². The van der Waals surface area contributed by atoms with Crippen molar-refractivity contribution in [3.63, 3.8) is 0 Å². The van der Waals surface area contributed by atoms with E-state index in [1.54, 1.807) is 6.08 Å². The van der Waals surface area contributed by atoms with Gasteiger partial charge in [-0.15, -0.1) is 5.56 Å². The average Bonchev–Trinajstić information content (AvgIpc) is 2.96. The van der Waals surface area contributed by atoms with E-state index in [9.17, 15) is 9.59 Å². The van der Waals surface area contributed by atoms with Crippen LogP contribution in [0.3, 0.4) is 0 Å². The third-order valence-corrected chi connectivity index (χ3v) is 6.02. The Kier molecular flexibility index (Phi) is 5.32. The summed E-state index contributed by atoms with van der Waals surface area (Å²) in [5.41, 5.74) is 4.79. The number of allylic oxidation sites excluding steroid dienone is 1. The molecule has 0 radical (unpaired) electrons. The molecule has 1 aromatic carbocycles. The quantitative estimate of drug-likeness (QED) is 0.468. The number of esters is 1. The molecule has 1 N–H and O–H groups in total. The Morgan fingerprint density at radius 1 is 1.32 bits per heavy atom. The van der Waals surface area contributed by atoms with Gasteiger partial charge in [0.2, 0.25) is 0 Å². The molecule has 4 rings (SSSR count). The maximum Gasteiger partial charge on any atom is 1.00 e. The topological polar surface area (TPSA) is 66.8 Å². The van der Waals surface area contributed by atoms with Gasteiger partial charge in [0.25, 0.3) is 0 Å². The second-order valence-corrected chi connectivity index (χ2v) is 8.55. The van der Waals surface area contributed by atoms with Crippen LogP contribution >= 0.6 is 0 Å². The molecule has 0 saturated carbocycles. The number of carbonyl (C=O) groups is 2. The molecular formula is C22H24NNaO4. The molecule has 0 aromatic heterocycles. The third-order valence-electron chi connectivity index (χ3n) is 6.02. The summed E-state index contributed by atoms with van der Waals surface area (Å²) in [7, 11) is 0. The predicted octanol–water partition coefficient (Wildman–Crippen LogP) is 0.741. The molecule has 5 nitrogen and oxygen atoms in total. The normalized spacial score (nSPS) is 23.3. The van der Waals surface area contributed by atoms with Crippen LogP contribution in [0.2, 0.25) is 0 Å². The number of carboxylic acid groups (broad SMARTS) is 1. The zero-order valence-corrected chi connectivity index (χ0v) is 19.1. The second kappa shape index (κ2) is 7.05. The number of hydrogen-bond donors (Lipinski definition) is 1. The Balaban J connectivity index is 0.00000225. The summed E-state index contributed by atoms with van der Waals surface area (Å²) in [5, 5.41) is 8.98. The number of carboxylic acids is 1. The molecule has 0 saturated heterocycles. The largest absolute Gasteiger partial charge is 1.00 e. The van der Waals surface area contributed by atoms with Gasteiger partial charge in [-0.05, 0) is 32.3 Å². The number of nitrogens with zero attached hydrogens (tertiary/aromatic N) is 1. The van der Waals surface area contributed by atoms with Crippen LogP contribution < -0.4 is 34.5 Å². The van der Waals surface area contributed by atoms with Gasteiger partial charge in [0, 0.05) is 29.2 Å². The third kappa shape index (κ3) is 2.95. The minimum Gasteiger partial charge on any atom is -0.481 e. The minimum absolute atomic E-state index is 0. The first kappa shape index (κ1) is 21.2. The van der Waals surface area contributed by atoms with E-state index >= 15 is 0 Å². The molecule has 0 fully saturated rings. The summed E-state index contributed by atoms with van der Waals surface area (Å²) in [5.74, 6) is -1.16. The molecule has 0 bridgehead atoms. The van der Waals surface area contributed by atoms with Gasteiger partial charge >= 0.3 is 41.5 Å². The van der Waals surface area contributed by atoms with Crippen molar-refractivity contribution in [3.8, 4) is 0 Å². The van der Waals surface area contributed by atoms with Gasteiger partial charge in [0.15, 0.2) is 6.10 Å². The summed E-state index contributed by atoms with van der Waals surface area (Å²) < 4.78 is 5.79. The Labute approximate surface area is 187 Å². The van der Waals surface area contributed by atoms with Crippen molar-refractivity contribution in [2.24, 2.45) is 0 Å². The summed E-state index contributed by atoms with van der Waals surface area (Å²) in [4.78, 5) is 25.5. The summed E-state index contributed by atoms with van der Waals surface area (Å²) in [6, 6.07) is 9.22. The van der Waals surface area contributed by atoms with E-state index in [-0.39, 0.29) is 53.5 Å². The smallest absolute Gasteiger partial charge is 0.481 e. The van der Waals surface area contributed by atoms with Gasteiger partial charge in [-0.2, -0.15) is 24.3 Å². The molecule has 3 heterocycles. The van der Waals surface area contributed by atoms with E-state index in [1.807, 2.05) is 12.1 Å². The molecule has 1 atom stereocenters. The van der Waals surface area contributed by atoms with Crippen LogP contribution in [0.4, 0.5) is 5.69 Å². The Morgan fingerprint density at radius 3 is 2.71 bits per heavy atom. The minimum atomic E-state index is -0.819. The molecule has 0 aliphatic carbocycles. The van der Waals surface area contributed by atoms with Crippen molar-refractivity contribution in [1.82, 2.24) is 0 Å². The Hall–Kier alpha value is -1.56. The maximum absolute atomic E-state index is 12.3. The molecule has 3 aliphatic heterocycles. The van der Waals surface area contributed by atoms with Crippen molar-refractivity contribution >= 4 is 17.6 Å². The number of carbonyl (C=O) groups excluding carboxylic acids is 1. The Bertz CT molecular complexity index is 913. The van der Waals surface area contributed by atoms with Crippen LogP contribution in [-0.2, 0) is 19.7 Å². The van der Waals surface area contributed by atoms with Crippen LogP contribution in [0, 0.1) is 6.07 Å². The molecule has 28 heavy (non-hydrogen) atoms. The zero-order chi connectivity index (χ0) is 19.6. The van der Waals surface area contributed by atoms with Crippen molar-refractivity contribution in [3.05, 3.63) is 52.7 Å². The van der Waals surface area contributed by atoms with Crippen LogP contribution in [-0.4, -0.2) is 28.7 Å². The van der Waals surface area contributed by atoms with E-state index in [1.165, 1.54) is 5.56 Å². The number of ether oxygens (including phenoxy) is 1. The number of anilines is 1. The Morgan fingerprint density at radius 2 is 2.04 bits per heavy atom. The zero-order valence-electron chi connectivity index (χ0n) is 17.1. The molecule has 6 heteroatoms. The molecule has 0 spiro atoms. The molecule has 1 unspecified atom stereocenters. The number of rotatable bonds is 4. The standard InChI is InChI=1S/C22H24NO4.Na/c1-21(2)14-9-5-6-10-15(14)23-19(21)18-13(8-7-11-16(24)25)12-17(26)27-20(18)22(23,3)4;/h5,9-10,12,20H,7-8,11H2,1-4H3,(H,24,25);/q-1;+1. The SMILES string of the molecule is CC1(C)C2=C3C(CCCC(=O)O)=CC(=O)OC3C(C)(C)N2c2c[c-]ccc21.[Na+]. The second-order valence-electron chi connectivity index (χ2n) is 8.55. The van der Waals surface area contributed by atoms with Crippen molar-refractivity contribution < 1.29 is 49.0 Å². The number of fused-ring (bicyclic) bond motifs is 4. The van der Waals surface area contributed by atoms with E-state index < -0.39 is 11.5 Å². The average molecular weight is 389 g/mol. The van der Waals surface area contributed by atoms with Gasteiger partial charge in [0.05, 0.1) is 5.54 Å². The summed E-state index contributed by atoms with van der Waals surface area (Å²) in [6.45, 7) is 8.57. The van der Waals surface area contributed by atoms with Gasteiger partial charge in [-0.3, -0.25) is 4.79 Å². The van der Waals surface area contributed by atoms with Gasteiger partial charge in [-0.25, -0.2) is 4.79 Å². The van der Waals surface area contributed by atoms with Gasteiger partial charge in [-0.1, -0.05) is 19.5 Å². The fraction of sp³-hybridized carbons (Fsp3) is 0.455. The number of hydrogen-bond acceptors (Lipinski definition) is 4. The van der Waals surface area contributed by atoms with Crippen LogP contribution in [0.5, 0.6) is 0 Å². The van der Waals surface area contributed by atoms with Crippen molar-refractivity contribution in [1.29, 1.82) is 0 Å². The predicted molar refractivity (Wildman–Crippen MR) is 101 cm³/mol. The molecule has 0 amide bonds. The molecule has 1 aromatic rings.